The van der Waals surface area contributed by atoms with E-state index in [2.05, 4.69) is 37.8 Å². The molecular weight excluding hydrogens is 424 g/mol. The summed E-state index contributed by atoms with van der Waals surface area (Å²) in [5, 5.41) is 9.36. The maximum absolute atomic E-state index is 9.36. The summed E-state index contributed by atoms with van der Waals surface area (Å²) in [6, 6.07) is 9.66. The Bertz CT molecular complexity index is 724. The molecule has 0 spiro atoms. The van der Waals surface area contributed by atoms with Crippen LogP contribution in [0.1, 0.15) is 133 Å². The van der Waals surface area contributed by atoms with Gasteiger partial charge in [0.25, 0.3) is 0 Å². The van der Waals surface area contributed by atoms with Crippen LogP contribution in [0, 0.1) is 29.6 Å². The summed E-state index contributed by atoms with van der Waals surface area (Å²) in [7, 11) is 0. The second-order valence-corrected chi connectivity index (χ2v) is 12.7. The molecule has 196 valence electrons. The first-order valence-electron chi connectivity index (χ1n) is 15.5. The van der Waals surface area contributed by atoms with E-state index in [0.717, 1.165) is 29.2 Å². The highest BCUT2D eigenvalue weighted by Gasteiger charge is 2.30. The lowest BCUT2D eigenvalue weighted by Gasteiger charge is -2.38. The molecule has 1 aromatic carbocycles. The molecule has 1 N–H and O–H groups in total. The topological polar surface area (TPSA) is 20.2 Å². The maximum atomic E-state index is 9.36. The fourth-order valence-corrected chi connectivity index (χ4v) is 7.87. The molecule has 0 aliphatic heterocycles. The van der Waals surface area contributed by atoms with Gasteiger partial charge in [0.2, 0.25) is 0 Å². The van der Waals surface area contributed by atoms with Gasteiger partial charge in [0.1, 0.15) is 0 Å². The molecule has 3 aliphatic rings. The normalized spacial score (nSPS) is 31.8. The lowest BCUT2D eigenvalue weighted by atomic mass is 9.68. The zero-order chi connectivity index (χ0) is 24.5. The van der Waals surface area contributed by atoms with E-state index in [4.69, 9.17) is 0 Å². The Labute approximate surface area is 217 Å². The molecule has 1 aromatic rings. The van der Waals surface area contributed by atoms with E-state index in [1.807, 2.05) is 0 Å². The number of aliphatic hydroxyl groups excluding tert-OH is 1. The molecule has 1 heteroatoms. The van der Waals surface area contributed by atoms with E-state index < -0.39 is 0 Å². The summed E-state index contributed by atoms with van der Waals surface area (Å²) < 4.78 is 0. The molecule has 3 saturated carbocycles. The van der Waals surface area contributed by atoms with Crippen LogP contribution >= 0.6 is 0 Å². The van der Waals surface area contributed by atoms with E-state index >= 15 is 0 Å². The van der Waals surface area contributed by atoms with Crippen LogP contribution in [0.2, 0.25) is 0 Å². The molecule has 0 radical (unpaired) electrons. The summed E-state index contributed by atoms with van der Waals surface area (Å²) in [5.41, 5.74) is 4.11. The second-order valence-electron chi connectivity index (χ2n) is 12.7. The van der Waals surface area contributed by atoms with E-state index in [0.29, 0.717) is 11.8 Å². The highest BCUT2D eigenvalue weighted by Crippen LogP contribution is 2.43. The van der Waals surface area contributed by atoms with Crippen LogP contribution in [0.15, 0.2) is 36.4 Å². The van der Waals surface area contributed by atoms with E-state index in [-0.39, 0.29) is 6.61 Å². The van der Waals surface area contributed by atoms with Crippen LogP contribution in [0.4, 0.5) is 0 Å². The van der Waals surface area contributed by atoms with Gasteiger partial charge in [0.15, 0.2) is 0 Å². The number of hydrogen-bond donors (Lipinski definition) is 1. The van der Waals surface area contributed by atoms with Crippen molar-refractivity contribution in [3.8, 4) is 0 Å². The zero-order valence-electron chi connectivity index (χ0n) is 22.9. The minimum absolute atomic E-state index is 0.159. The van der Waals surface area contributed by atoms with Crippen molar-refractivity contribution in [2.45, 2.75) is 128 Å². The third kappa shape index (κ3) is 7.95. The number of benzene rings is 1. The Morgan fingerprint density at radius 2 is 1.31 bits per heavy atom. The third-order valence-electron chi connectivity index (χ3n) is 10.5. The molecule has 0 saturated heterocycles. The van der Waals surface area contributed by atoms with E-state index in [1.165, 1.54) is 121 Å². The van der Waals surface area contributed by atoms with Crippen molar-refractivity contribution in [1.82, 2.24) is 0 Å². The van der Waals surface area contributed by atoms with Crippen molar-refractivity contribution in [2.75, 3.05) is 6.61 Å². The van der Waals surface area contributed by atoms with E-state index in [1.54, 1.807) is 5.56 Å². The van der Waals surface area contributed by atoms with Gasteiger partial charge in [-0.1, -0.05) is 89.1 Å². The minimum Gasteiger partial charge on any atom is -0.392 e. The Balaban J connectivity index is 1.12. The highest BCUT2D eigenvalue weighted by atomic mass is 16.3. The Morgan fingerprint density at radius 1 is 0.743 bits per heavy atom. The summed E-state index contributed by atoms with van der Waals surface area (Å²) in [5.74, 6) is 5.37. The minimum atomic E-state index is 0.159. The van der Waals surface area contributed by atoms with Crippen molar-refractivity contribution in [3.05, 3.63) is 47.5 Å². The molecule has 0 bridgehead atoms. The zero-order valence-corrected chi connectivity index (χ0v) is 22.9. The predicted molar refractivity (Wildman–Crippen MR) is 151 cm³/mol. The first-order valence-corrected chi connectivity index (χ1v) is 15.5. The summed E-state index contributed by atoms with van der Waals surface area (Å²) in [6.45, 7) is 6.54. The molecule has 35 heavy (non-hydrogen) atoms. The van der Waals surface area contributed by atoms with Gasteiger partial charge in [-0.2, -0.15) is 0 Å². The first-order chi connectivity index (χ1) is 17.2. The molecule has 1 nitrogen and oxygen atoms in total. The standard InChI is InChI=1S/C34H54O/c1-3-4-5-6-27-9-15-31(16-10-27)32-17-11-28(12-18-32)7-8-29-13-19-33(20-14-29)34-23-21-30(22-24-34)26(2)25-35/h13-14,19-20,27-28,30-32,34-35H,2-12,15-18,21-25H2,1H3. The Hall–Kier alpha value is -1.08. The van der Waals surface area contributed by atoms with Crippen molar-refractivity contribution < 1.29 is 5.11 Å². The molecule has 0 amide bonds. The average Bonchev–Trinajstić information content (AvgIpc) is 2.93. The van der Waals surface area contributed by atoms with Gasteiger partial charge in [-0.25, -0.2) is 0 Å². The lowest BCUT2D eigenvalue weighted by molar-refractivity contribution is 0.140. The molecule has 3 fully saturated rings. The van der Waals surface area contributed by atoms with Crippen molar-refractivity contribution in [2.24, 2.45) is 29.6 Å². The number of hydrogen-bond acceptors (Lipinski definition) is 1. The van der Waals surface area contributed by atoms with Crippen LogP contribution in [-0.4, -0.2) is 11.7 Å². The van der Waals surface area contributed by atoms with Crippen molar-refractivity contribution in [1.29, 1.82) is 0 Å². The Kier molecular flexibility index (Phi) is 10.8. The first kappa shape index (κ1) is 27.0. The lowest BCUT2D eigenvalue weighted by Crippen LogP contribution is -2.26. The Morgan fingerprint density at radius 3 is 1.86 bits per heavy atom. The van der Waals surface area contributed by atoms with Gasteiger partial charge in [0.05, 0.1) is 6.61 Å². The highest BCUT2D eigenvalue weighted by molar-refractivity contribution is 5.26. The predicted octanol–water partition coefficient (Wildman–Crippen LogP) is 9.63. The molecule has 0 unspecified atom stereocenters. The van der Waals surface area contributed by atoms with Gasteiger partial charge >= 0.3 is 0 Å². The molecule has 4 rings (SSSR count). The molecule has 0 atom stereocenters. The fourth-order valence-electron chi connectivity index (χ4n) is 7.87. The quantitative estimate of drug-likeness (QED) is 0.248. The van der Waals surface area contributed by atoms with Crippen LogP contribution < -0.4 is 0 Å². The van der Waals surface area contributed by atoms with Crippen LogP contribution in [-0.2, 0) is 6.42 Å². The van der Waals surface area contributed by atoms with Gasteiger partial charge < -0.3 is 5.11 Å². The van der Waals surface area contributed by atoms with Crippen molar-refractivity contribution in [3.63, 3.8) is 0 Å². The smallest absolute Gasteiger partial charge is 0.0641 e. The number of aliphatic hydroxyl groups is 1. The maximum Gasteiger partial charge on any atom is 0.0641 e. The molecular formula is C34H54O. The largest absolute Gasteiger partial charge is 0.392 e. The molecule has 3 aliphatic carbocycles. The van der Waals surface area contributed by atoms with Crippen molar-refractivity contribution >= 4 is 0 Å². The summed E-state index contributed by atoms with van der Waals surface area (Å²) in [6.07, 6.45) is 25.5. The van der Waals surface area contributed by atoms with Gasteiger partial charge in [0, 0.05) is 0 Å². The van der Waals surface area contributed by atoms with Gasteiger partial charge in [-0.05, 0) is 116 Å². The third-order valence-corrected chi connectivity index (χ3v) is 10.5. The average molecular weight is 479 g/mol. The fraction of sp³-hybridized carbons (Fsp3) is 0.765. The SMILES string of the molecule is C=C(CO)C1CCC(c2ccc(CCC3CCC(C4CCC(CCCCC)CC4)CC3)cc2)CC1. The van der Waals surface area contributed by atoms with Crippen LogP contribution in [0.3, 0.4) is 0 Å². The monoisotopic (exact) mass is 478 g/mol. The van der Waals surface area contributed by atoms with Crippen LogP contribution in [0.5, 0.6) is 0 Å². The second kappa shape index (κ2) is 14.0. The van der Waals surface area contributed by atoms with Gasteiger partial charge in [-0.3, -0.25) is 0 Å². The summed E-state index contributed by atoms with van der Waals surface area (Å²) >= 11 is 0. The number of aryl methyl sites for hydroxylation is 1. The van der Waals surface area contributed by atoms with Crippen LogP contribution in [0.25, 0.3) is 0 Å². The van der Waals surface area contributed by atoms with E-state index in [9.17, 15) is 5.11 Å². The molecule has 0 heterocycles. The summed E-state index contributed by atoms with van der Waals surface area (Å²) in [4.78, 5) is 0. The molecule has 0 aromatic heterocycles. The number of rotatable bonds is 11. The van der Waals surface area contributed by atoms with Gasteiger partial charge in [-0.15, -0.1) is 0 Å². The number of unbranched alkanes of at least 4 members (excludes halogenated alkanes) is 2.